The van der Waals surface area contributed by atoms with Gasteiger partial charge in [-0.05, 0) is 25.2 Å². The Labute approximate surface area is 92.0 Å². The molecule has 0 aromatic heterocycles. The van der Waals surface area contributed by atoms with Crippen LogP contribution < -0.4 is 5.73 Å². The molecule has 2 aliphatic rings. The Balaban J connectivity index is 2.09. The van der Waals surface area contributed by atoms with E-state index in [0.717, 1.165) is 19.3 Å². The molecule has 86 valence electrons. The topological polar surface area (TPSA) is 46.3 Å². The third-order valence-electron chi connectivity index (χ3n) is 4.23. The van der Waals surface area contributed by atoms with Crippen molar-refractivity contribution >= 4 is 5.91 Å². The van der Waals surface area contributed by atoms with E-state index in [2.05, 4.69) is 18.7 Å². The smallest absolute Gasteiger partial charge is 0.226 e. The van der Waals surface area contributed by atoms with E-state index in [4.69, 9.17) is 5.73 Å². The predicted molar refractivity (Wildman–Crippen MR) is 60.3 cm³/mol. The van der Waals surface area contributed by atoms with E-state index < -0.39 is 0 Å². The lowest BCUT2D eigenvalue weighted by molar-refractivity contribution is -0.137. The Morgan fingerprint density at radius 2 is 2.00 bits per heavy atom. The molecule has 2 heterocycles. The largest absolute Gasteiger partial charge is 0.335 e. The molecule has 0 aliphatic carbocycles. The first kappa shape index (κ1) is 10.9. The number of hydrogen-bond donors (Lipinski definition) is 1. The molecule has 3 heteroatoms. The summed E-state index contributed by atoms with van der Waals surface area (Å²) in [6.07, 6.45) is 3.29. The highest BCUT2D eigenvalue weighted by molar-refractivity contribution is 5.80. The summed E-state index contributed by atoms with van der Waals surface area (Å²) in [6, 6.07) is 1.01. The zero-order valence-electron chi connectivity index (χ0n) is 9.94. The van der Waals surface area contributed by atoms with Crippen molar-refractivity contribution in [1.82, 2.24) is 4.90 Å². The molecule has 2 rings (SSSR count). The first-order chi connectivity index (χ1) is 7.02. The van der Waals surface area contributed by atoms with Gasteiger partial charge in [0.05, 0.1) is 0 Å². The molecule has 3 nitrogen and oxygen atoms in total. The van der Waals surface area contributed by atoms with E-state index in [-0.39, 0.29) is 12.0 Å². The summed E-state index contributed by atoms with van der Waals surface area (Å²) in [5, 5.41) is 0. The molecule has 2 N–H and O–H groups in total. The summed E-state index contributed by atoms with van der Waals surface area (Å²) in [4.78, 5) is 14.4. The average Bonchev–Trinajstić information content (AvgIpc) is 2.71. The van der Waals surface area contributed by atoms with Crippen LogP contribution in [-0.2, 0) is 4.79 Å². The fourth-order valence-corrected chi connectivity index (χ4v) is 2.90. The molecule has 0 aromatic rings. The monoisotopic (exact) mass is 210 g/mol. The molecular weight excluding hydrogens is 188 g/mol. The van der Waals surface area contributed by atoms with Crippen LogP contribution in [0.25, 0.3) is 0 Å². The fraction of sp³-hybridized carbons (Fsp3) is 0.917. The maximum absolute atomic E-state index is 12.3. The zero-order valence-corrected chi connectivity index (χ0v) is 9.94. The molecule has 0 aromatic carbocycles. The Morgan fingerprint density at radius 1 is 1.33 bits per heavy atom. The number of carbonyl (C=O) groups is 1. The van der Waals surface area contributed by atoms with E-state index in [1.807, 2.05) is 6.92 Å². The van der Waals surface area contributed by atoms with E-state index in [9.17, 15) is 4.79 Å². The summed E-state index contributed by atoms with van der Waals surface area (Å²) in [7, 11) is 0. The molecule has 0 radical (unpaired) electrons. The van der Waals surface area contributed by atoms with Crippen molar-refractivity contribution in [2.75, 3.05) is 0 Å². The normalized spacial score (nSPS) is 36.3. The standard InChI is InChI=1S/C12H22N2O/c1-7(2)8(3)12(15)14-9-4-5-11(14)10(13)6-9/h7-11H,4-6,13H2,1-3H3. The number of amides is 1. The molecule has 0 saturated carbocycles. The zero-order chi connectivity index (χ0) is 11.2. The molecule has 2 fully saturated rings. The second-order valence-electron chi connectivity index (χ2n) is 5.48. The molecule has 1 amide bonds. The average molecular weight is 210 g/mol. The van der Waals surface area contributed by atoms with Crippen LogP contribution in [0.15, 0.2) is 0 Å². The number of carbonyl (C=O) groups excluding carboxylic acids is 1. The maximum atomic E-state index is 12.3. The molecule has 0 spiro atoms. The lowest BCUT2D eigenvalue weighted by Crippen LogP contribution is -2.43. The summed E-state index contributed by atoms with van der Waals surface area (Å²) < 4.78 is 0. The van der Waals surface area contributed by atoms with Crippen molar-refractivity contribution in [1.29, 1.82) is 0 Å². The minimum atomic E-state index is 0.137. The molecule has 4 atom stereocenters. The number of nitrogens with zero attached hydrogens (tertiary/aromatic N) is 1. The van der Waals surface area contributed by atoms with Crippen LogP contribution in [0.5, 0.6) is 0 Å². The van der Waals surface area contributed by atoms with Crippen molar-refractivity contribution in [3.05, 3.63) is 0 Å². The van der Waals surface area contributed by atoms with Crippen molar-refractivity contribution in [2.45, 2.75) is 58.2 Å². The van der Waals surface area contributed by atoms with Gasteiger partial charge in [0.2, 0.25) is 5.91 Å². The van der Waals surface area contributed by atoms with Gasteiger partial charge in [-0.2, -0.15) is 0 Å². The second-order valence-corrected chi connectivity index (χ2v) is 5.48. The Kier molecular flexibility index (Phi) is 2.75. The quantitative estimate of drug-likeness (QED) is 0.748. The summed E-state index contributed by atoms with van der Waals surface area (Å²) in [5.41, 5.74) is 6.03. The highest BCUT2D eigenvalue weighted by Crippen LogP contribution is 2.38. The Morgan fingerprint density at radius 3 is 2.40 bits per heavy atom. The van der Waals surface area contributed by atoms with Gasteiger partial charge < -0.3 is 10.6 Å². The molecule has 2 bridgehead atoms. The number of fused-ring (bicyclic) bond motifs is 2. The van der Waals surface area contributed by atoms with Gasteiger partial charge >= 0.3 is 0 Å². The second kappa shape index (κ2) is 3.78. The van der Waals surface area contributed by atoms with E-state index in [1.54, 1.807) is 0 Å². The van der Waals surface area contributed by atoms with Gasteiger partial charge in [0.15, 0.2) is 0 Å². The van der Waals surface area contributed by atoms with Crippen LogP contribution in [-0.4, -0.2) is 28.9 Å². The summed E-state index contributed by atoms with van der Waals surface area (Å²) in [5.74, 6) is 0.887. The predicted octanol–water partition coefficient (Wildman–Crippen LogP) is 1.37. The van der Waals surface area contributed by atoms with Gasteiger partial charge in [0.25, 0.3) is 0 Å². The minimum absolute atomic E-state index is 0.137. The summed E-state index contributed by atoms with van der Waals surface area (Å²) >= 11 is 0. The number of nitrogens with two attached hydrogens (primary N) is 1. The third-order valence-corrected chi connectivity index (χ3v) is 4.23. The van der Waals surface area contributed by atoms with Gasteiger partial charge in [0.1, 0.15) is 0 Å². The van der Waals surface area contributed by atoms with Crippen LogP contribution in [0.3, 0.4) is 0 Å². The van der Waals surface area contributed by atoms with Gasteiger partial charge in [-0.1, -0.05) is 20.8 Å². The number of rotatable bonds is 2. The highest BCUT2D eigenvalue weighted by atomic mass is 16.2. The van der Waals surface area contributed by atoms with Crippen molar-refractivity contribution < 1.29 is 4.79 Å². The van der Waals surface area contributed by atoms with Crippen LogP contribution in [0.4, 0.5) is 0 Å². The van der Waals surface area contributed by atoms with E-state index >= 15 is 0 Å². The van der Waals surface area contributed by atoms with E-state index in [0.29, 0.717) is 23.9 Å². The van der Waals surface area contributed by atoms with Gasteiger partial charge in [0, 0.05) is 24.0 Å². The van der Waals surface area contributed by atoms with Crippen LogP contribution in [0, 0.1) is 11.8 Å². The SMILES string of the molecule is CC(C)C(C)C(=O)N1C2CCC1C(N)C2. The maximum Gasteiger partial charge on any atom is 0.226 e. The highest BCUT2D eigenvalue weighted by Gasteiger charge is 2.47. The van der Waals surface area contributed by atoms with Crippen molar-refractivity contribution in [3.63, 3.8) is 0 Å². The molecular formula is C12H22N2O. The first-order valence-electron chi connectivity index (χ1n) is 6.10. The van der Waals surface area contributed by atoms with Crippen LogP contribution in [0.2, 0.25) is 0 Å². The molecule has 2 saturated heterocycles. The van der Waals surface area contributed by atoms with Gasteiger partial charge in [-0.25, -0.2) is 0 Å². The first-order valence-corrected chi connectivity index (χ1v) is 6.10. The Bertz CT molecular complexity index is 264. The Hall–Kier alpha value is -0.570. The fourth-order valence-electron chi connectivity index (χ4n) is 2.90. The van der Waals surface area contributed by atoms with Gasteiger partial charge in [-0.15, -0.1) is 0 Å². The minimum Gasteiger partial charge on any atom is -0.335 e. The van der Waals surface area contributed by atoms with Gasteiger partial charge in [-0.3, -0.25) is 4.79 Å². The van der Waals surface area contributed by atoms with Crippen molar-refractivity contribution in [3.8, 4) is 0 Å². The third kappa shape index (κ3) is 1.67. The number of hydrogen-bond acceptors (Lipinski definition) is 2. The van der Waals surface area contributed by atoms with Crippen molar-refractivity contribution in [2.24, 2.45) is 17.6 Å². The molecule has 4 unspecified atom stereocenters. The lowest BCUT2D eigenvalue weighted by atomic mass is 9.96. The van der Waals surface area contributed by atoms with Crippen LogP contribution in [0.1, 0.15) is 40.0 Å². The summed E-state index contributed by atoms with van der Waals surface area (Å²) in [6.45, 7) is 6.26. The van der Waals surface area contributed by atoms with E-state index in [1.165, 1.54) is 0 Å². The molecule has 2 aliphatic heterocycles. The molecule has 15 heavy (non-hydrogen) atoms. The lowest BCUT2D eigenvalue weighted by Gasteiger charge is -2.27. The van der Waals surface area contributed by atoms with Crippen LogP contribution >= 0.6 is 0 Å².